The number of hydrogen-bond donors (Lipinski definition) is 2. The van der Waals surface area contributed by atoms with Gasteiger partial charge in [-0.2, -0.15) is 0 Å². The van der Waals surface area contributed by atoms with Gasteiger partial charge >= 0.3 is 5.97 Å². The van der Waals surface area contributed by atoms with Crippen molar-refractivity contribution in [1.29, 1.82) is 0 Å². The number of nitrogens with one attached hydrogen (secondary N) is 1. The summed E-state index contributed by atoms with van der Waals surface area (Å²) in [5.41, 5.74) is 1.83. The number of benzene rings is 1. The normalized spacial score (nSPS) is 10.7. The number of para-hydroxylation sites is 2. The first-order valence-electron chi connectivity index (χ1n) is 5.92. The Labute approximate surface area is 114 Å². The molecule has 6 heteroatoms. The molecule has 0 aliphatic rings. The third-order valence-electron chi connectivity index (χ3n) is 2.96. The molecule has 0 radical (unpaired) electrons. The van der Waals surface area contributed by atoms with Gasteiger partial charge in [-0.15, -0.1) is 0 Å². The van der Waals surface area contributed by atoms with Gasteiger partial charge < -0.3 is 14.8 Å². The monoisotopic (exact) mass is 269 g/mol. The molecule has 20 heavy (non-hydrogen) atoms. The highest BCUT2D eigenvalue weighted by atomic mass is 16.5. The highest BCUT2D eigenvalue weighted by Gasteiger charge is 2.20. The van der Waals surface area contributed by atoms with E-state index in [-0.39, 0.29) is 5.69 Å². The maximum atomic E-state index is 11.3. The molecule has 0 bridgehead atoms. The van der Waals surface area contributed by atoms with Crippen LogP contribution in [0.25, 0.3) is 22.4 Å². The number of ether oxygens (including phenoxy) is 1. The molecule has 3 rings (SSSR count). The van der Waals surface area contributed by atoms with E-state index in [9.17, 15) is 9.90 Å². The number of aromatic nitrogens is 3. The van der Waals surface area contributed by atoms with Crippen LogP contribution in [0.4, 0.5) is 0 Å². The average molecular weight is 269 g/mol. The van der Waals surface area contributed by atoms with Gasteiger partial charge in [0, 0.05) is 6.20 Å². The molecular formula is C14H11N3O3. The van der Waals surface area contributed by atoms with E-state index in [2.05, 4.69) is 15.0 Å². The molecule has 0 aliphatic carbocycles. The van der Waals surface area contributed by atoms with Crippen molar-refractivity contribution >= 4 is 17.0 Å². The number of nitrogens with zero attached hydrogens (tertiary/aromatic N) is 2. The first-order valence-corrected chi connectivity index (χ1v) is 5.92. The van der Waals surface area contributed by atoms with Gasteiger partial charge in [0.05, 0.1) is 23.7 Å². The Morgan fingerprint density at radius 3 is 2.80 bits per heavy atom. The fraction of sp³-hybridized carbons (Fsp3) is 0.0714. The minimum absolute atomic E-state index is 0.0941. The number of H-pyrrole nitrogens is 1. The number of hydrogen-bond acceptors (Lipinski definition) is 4. The molecule has 100 valence electrons. The molecule has 6 nitrogen and oxygen atoms in total. The van der Waals surface area contributed by atoms with Gasteiger partial charge in [-0.3, -0.25) is 0 Å². The third-order valence-corrected chi connectivity index (χ3v) is 2.96. The van der Waals surface area contributed by atoms with Crippen LogP contribution in [0.5, 0.6) is 5.75 Å². The summed E-state index contributed by atoms with van der Waals surface area (Å²) in [5.74, 6) is -0.288. The fourth-order valence-corrected chi connectivity index (χ4v) is 2.08. The third kappa shape index (κ3) is 1.87. The zero-order valence-corrected chi connectivity index (χ0v) is 10.6. The van der Waals surface area contributed by atoms with Crippen LogP contribution in [-0.2, 0) is 0 Å². The Balaban J connectivity index is 2.29. The molecule has 0 unspecified atom stereocenters. The average Bonchev–Trinajstić information content (AvgIpc) is 2.89. The maximum absolute atomic E-state index is 11.3. The summed E-state index contributed by atoms with van der Waals surface area (Å²) in [6.07, 6.45) is 1.40. The summed E-state index contributed by atoms with van der Waals surface area (Å²) in [7, 11) is 1.48. The number of aromatic amines is 1. The van der Waals surface area contributed by atoms with Crippen LogP contribution in [0.15, 0.2) is 36.5 Å². The van der Waals surface area contributed by atoms with Gasteiger partial charge in [0.1, 0.15) is 11.6 Å². The van der Waals surface area contributed by atoms with Gasteiger partial charge in [-0.25, -0.2) is 14.8 Å². The Bertz CT molecular complexity index is 762. The van der Waals surface area contributed by atoms with Gasteiger partial charge in [0.15, 0.2) is 5.69 Å². The van der Waals surface area contributed by atoms with Crippen LogP contribution in [0, 0.1) is 0 Å². The predicted octanol–water partition coefficient (Wildman–Crippen LogP) is 2.33. The highest BCUT2D eigenvalue weighted by Crippen LogP contribution is 2.31. The van der Waals surface area contributed by atoms with E-state index in [1.165, 1.54) is 13.3 Å². The zero-order valence-electron chi connectivity index (χ0n) is 10.6. The maximum Gasteiger partial charge on any atom is 0.355 e. The van der Waals surface area contributed by atoms with Crippen molar-refractivity contribution in [2.45, 2.75) is 0 Å². The minimum Gasteiger partial charge on any atom is -0.496 e. The second kappa shape index (κ2) is 4.65. The lowest BCUT2D eigenvalue weighted by Gasteiger charge is -2.08. The van der Waals surface area contributed by atoms with Crippen LogP contribution >= 0.6 is 0 Å². The van der Waals surface area contributed by atoms with Crippen molar-refractivity contribution in [3.8, 4) is 17.1 Å². The van der Waals surface area contributed by atoms with E-state index in [4.69, 9.17) is 4.74 Å². The highest BCUT2D eigenvalue weighted by molar-refractivity contribution is 5.95. The summed E-state index contributed by atoms with van der Waals surface area (Å²) < 4.78 is 5.22. The van der Waals surface area contributed by atoms with Crippen molar-refractivity contribution in [2.24, 2.45) is 0 Å². The number of imidazole rings is 1. The van der Waals surface area contributed by atoms with E-state index >= 15 is 0 Å². The van der Waals surface area contributed by atoms with Crippen LogP contribution in [0.2, 0.25) is 0 Å². The first-order chi connectivity index (χ1) is 9.70. The SMILES string of the molecule is COc1ccnc(C(=O)O)c1-c1nc2ccccc2[nH]1. The molecule has 0 spiro atoms. The van der Waals surface area contributed by atoms with Gasteiger partial charge in [0.25, 0.3) is 0 Å². The van der Waals surface area contributed by atoms with Crippen LogP contribution in [0.3, 0.4) is 0 Å². The lowest BCUT2D eigenvalue weighted by atomic mass is 10.1. The zero-order chi connectivity index (χ0) is 14.1. The summed E-state index contributed by atoms with van der Waals surface area (Å²) in [6, 6.07) is 9.07. The topological polar surface area (TPSA) is 88.1 Å². The van der Waals surface area contributed by atoms with Crippen LogP contribution in [-0.4, -0.2) is 33.1 Å². The Morgan fingerprint density at radius 1 is 1.30 bits per heavy atom. The number of fused-ring (bicyclic) bond motifs is 1. The molecule has 1 aromatic carbocycles. The molecule has 0 saturated heterocycles. The number of rotatable bonds is 3. The van der Waals surface area contributed by atoms with Gasteiger partial charge in [0.2, 0.25) is 0 Å². The molecular weight excluding hydrogens is 258 g/mol. The largest absolute Gasteiger partial charge is 0.496 e. The lowest BCUT2D eigenvalue weighted by Crippen LogP contribution is -2.05. The first kappa shape index (κ1) is 12.2. The van der Waals surface area contributed by atoms with Crippen molar-refractivity contribution in [1.82, 2.24) is 15.0 Å². The standard InChI is InChI=1S/C14H11N3O3/c1-20-10-6-7-15-12(14(18)19)11(10)13-16-8-4-2-3-5-9(8)17-13/h2-7H,1H3,(H,16,17)(H,18,19). The molecule has 0 saturated carbocycles. The van der Waals surface area contributed by atoms with E-state index in [1.807, 2.05) is 24.3 Å². The van der Waals surface area contributed by atoms with Gasteiger partial charge in [-0.05, 0) is 18.2 Å². The number of aromatic carboxylic acids is 1. The predicted molar refractivity (Wildman–Crippen MR) is 72.8 cm³/mol. The fourth-order valence-electron chi connectivity index (χ4n) is 2.08. The quantitative estimate of drug-likeness (QED) is 0.761. The van der Waals surface area contributed by atoms with Crippen LogP contribution in [0.1, 0.15) is 10.5 Å². The Kier molecular flexibility index (Phi) is 2.83. The van der Waals surface area contributed by atoms with E-state index in [0.717, 1.165) is 11.0 Å². The van der Waals surface area contributed by atoms with Crippen molar-refractivity contribution < 1.29 is 14.6 Å². The van der Waals surface area contributed by atoms with Crippen molar-refractivity contribution in [2.75, 3.05) is 7.11 Å². The molecule has 3 aromatic rings. The molecule has 0 fully saturated rings. The van der Waals surface area contributed by atoms with Crippen LogP contribution < -0.4 is 4.74 Å². The van der Waals surface area contributed by atoms with Crippen molar-refractivity contribution in [3.05, 3.63) is 42.2 Å². The number of methoxy groups -OCH3 is 1. The Hall–Kier alpha value is -2.89. The van der Waals surface area contributed by atoms with E-state index < -0.39 is 5.97 Å². The molecule has 2 heterocycles. The second-order valence-electron chi connectivity index (χ2n) is 4.14. The van der Waals surface area contributed by atoms with E-state index in [1.54, 1.807) is 6.07 Å². The molecule has 0 amide bonds. The molecule has 2 aromatic heterocycles. The smallest absolute Gasteiger partial charge is 0.355 e. The molecule has 0 aliphatic heterocycles. The summed E-state index contributed by atoms with van der Waals surface area (Å²) >= 11 is 0. The summed E-state index contributed by atoms with van der Waals surface area (Å²) in [5, 5.41) is 9.26. The minimum atomic E-state index is -1.13. The number of pyridine rings is 1. The summed E-state index contributed by atoms with van der Waals surface area (Å²) in [4.78, 5) is 22.7. The summed E-state index contributed by atoms with van der Waals surface area (Å²) in [6.45, 7) is 0. The number of carboxylic acids is 1. The second-order valence-corrected chi connectivity index (χ2v) is 4.14. The van der Waals surface area contributed by atoms with Crippen molar-refractivity contribution in [3.63, 3.8) is 0 Å². The Morgan fingerprint density at radius 2 is 2.10 bits per heavy atom. The molecule has 2 N–H and O–H groups in total. The lowest BCUT2D eigenvalue weighted by molar-refractivity contribution is 0.0691. The van der Waals surface area contributed by atoms with E-state index in [0.29, 0.717) is 17.1 Å². The number of carbonyl (C=O) groups is 1. The molecule has 0 atom stereocenters. The van der Waals surface area contributed by atoms with Gasteiger partial charge in [-0.1, -0.05) is 12.1 Å². The number of carboxylic acid groups (broad SMARTS) is 1.